The van der Waals surface area contributed by atoms with Crippen molar-refractivity contribution in [2.24, 2.45) is 22.7 Å². The van der Waals surface area contributed by atoms with Gasteiger partial charge in [0.15, 0.2) is 0 Å². The van der Waals surface area contributed by atoms with Crippen LogP contribution in [0.1, 0.15) is 95.9 Å². The van der Waals surface area contributed by atoms with Gasteiger partial charge in [0.25, 0.3) is 0 Å². The normalized spacial score (nSPS) is 12.5. The second-order valence-corrected chi connectivity index (χ2v) is 10.8. The predicted molar refractivity (Wildman–Crippen MR) is 141 cm³/mol. The maximum atomic E-state index is 11.2. The maximum absolute atomic E-state index is 11.2. The molecule has 0 aromatic heterocycles. The Morgan fingerprint density at radius 3 is 1.16 bits per heavy atom. The minimum atomic E-state index is -0.119. The van der Waals surface area contributed by atoms with Gasteiger partial charge in [-0.15, -0.1) is 11.5 Å². The Labute approximate surface area is 222 Å². The van der Waals surface area contributed by atoms with Crippen LogP contribution in [0.4, 0.5) is 0 Å². The fourth-order valence-corrected chi connectivity index (χ4v) is 3.40. The minimum absolute atomic E-state index is 0. The number of carbonyl (C=O) groups excluding carboxylic acids is 2. The zero-order valence-corrected chi connectivity index (χ0v) is 24.2. The number of hydrogen-bond acceptors (Lipinski definition) is 6. The molecule has 0 aliphatic rings. The Balaban J connectivity index is -0.000000133. The summed E-state index contributed by atoms with van der Waals surface area (Å²) < 4.78 is 9.87. The first kappa shape index (κ1) is 41.7. The first-order valence-electron chi connectivity index (χ1n) is 10.2. The Bertz CT molecular complexity index is 392. The van der Waals surface area contributed by atoms with Crippen LogP contribution in [0.2, 0.25) is 0 Å². The smallest absolute Gasteiger partial charge is 0.789 e. The van der Waals surface area contributed by atoms with Crippen LogP contribution in [-0.4, -0.2) is 60.6 Å². The second kappa shape index (κ2) is 22.2. The number of carbonyl (C=O) groups is 2. The molecule has 0 aliphatic carbocycles. The molecule has 0 bridgehead atoms. The van der Waals surface area contributed by atoms with Crippen LogP contribution in [0.25, 0.3) is 0 Å². The van der Waals surface area contributed by atoms with E-state index in [1.54, 1.807) is 0 Å². The number of hydrogen-bond donors (Lipinski definition) is 0. The number of rotatable bonds is 10. The van der Waals surface area contributed by atoms with Gasteiger partial charge in [-0.3, -0.25) is 9.59 Å². The molecule has 0 aromatic rings. The van der Waals surface area contributed by atoms with Crippen molar-refractivity contribution in [3.8, 4) is 0 Å². The van der Waals surface area contributed by atoms with E-state index in [0.29, 0.717) is 49.4 Å². The summed E-state index contributed by atoms with van der Waals surface area (Å²) >= 11 is 9.39. The Morgan fingerprint density at radius 1 is 0.710 bits per heavy atom. The third-order valence-corrected chi connectivity index (χ3v) is 3.98. The van der Waals surface area contributed by atoms with Gasteiger partial charge in [-0.25, -0.2) is 0 Å². The molecule has 186 valence electrons. The van der Waals surface area contributed by atoms with E-state index in [1.807, 2.05) is 0 Å². The van der Waals surface area contributed by atoms with Gasteiger partial charge in [0.1, 0.15) is 0 Å². The quantitative estimate of drug-likeness (QED) is 0.179. The van der Waals surface area contributed by atoms with Crippen LogP contribution in [-0.2, 0) is 44.3 Å². The summed E-state index contributed by atoms with van der Waals surface area (Å²) in [5.74, 6) is 1.50. The van der Waals surface area contributed by atoms with Gasteiger partial charge in [0, 0.05) is 12.8 Å². The zero-order valence-electron chi connectivity index (χ0n) is 19.8. The first-order valence-corrected chi connectivity index (χ1v) is 11.3. The van der Waals surface area contributed by atoms with E-state index in [0.717, 1.165) is 12.8 Å². The van der Waals surface area contributed by atoms with Gasteiger partial charge in [-0.1, -0.05) is 70.2 Å². The largest absolute Gasteiger partial charge is 2.00 e. The molecule has 0 aromatic carbocycles. The van der Waals surface area contributed by atoms with Crippen molar-refractivity contribution in [2.45, 2.75) is 95.9 Å². The van der Waals surface area contributed by atoms with Crippen molar-refractivity contribution < 1.29 is 19.1 Å². The Morgan fingerprint density at radius 2 is 0.968 bits per heavy atom. The average molecular weight is 586 g/mol. The van der Waals surface area contributed by atoms with Crippen molar-refractivity contribution >= 4 is 61.1 Å². The van der Waals surface area contributed by atoms with E-state index < -0.39 is 0 Å². The molecular weight excluding hydrogens is 535 g/mol. The van der Waals surface area contributed by atoms with Crippen LogP contribution >= 0.6 is 0 Å². The van der Waals surface area contributed by atoms with Gasteiger partial charge in [-0.05, 0) is 35.5 Å². The molecule has 0 fully saturated rings. The third kappa shape index (κ3) is 35.2. The molecular formula is C24H50O4S2Sn. The average Bonchev–Trinajstić information content (AvgIpc) is 2.47. The van der Waals surface area contributed by atoms with Crippen molar-refractivity contribution in [1.82, 2.24) is 0 Å². The number of ether oxygens (including phenoxy) is 2. The van der Waals surface area contributed by atoms with E-state index in [9.17, 15) is 9.59 Å². The topological polar surface area (TPSA) is 52.6 Å². The van der Waals surface area contributed by atoms with Crippen LogP contribution in [0.5, 0.6) is 0 Å². The van der Waals surface area contributed by atoms with Crippen molar-refractivity contribution in [3.63, 3.8) is 0 Å². The standard InChI is InChI=1S/2C11H22O2S.2CH4.Sn/c2*1-9(8-11(2,3)4)7-10(12)13-5-6-14;;;/h2*9,14H,5-8H2,1-4H3;2*1H4;/q;;;;+2/p-2. The molecule has 0 aliphatic heterocycles. The van der Waals surface area contributed by atoms with Crippen molar-refractivity contribution in [2.75, 3.05) is 24.7 Å². The summed E-state index contributed by atoms with van der Waals surface area (Å²) in [7, 11) is 0. The SMILES string of the molecule is C.C.CC(CC(=O)OCC[S-])CC(C)(C)C.CC(CC(=O)OCC[S-])CC(C)(C)C.[Sn+2]. The van der Waals surface area contributed by atoms with Crippen LogP contribution < -0.4 is 0 Å². The first-order chi connectivity index (χ1) is 12.7. The van der Waals surface area contributed by atoms with Gasteiger partial charge in [0.05, 0.1) is 13.2 Å². The maximum Gasteiger partial charge on any atom is 2.00 e. The Hall–Kier alpha value is 0.439. The molecule has 0 rings (SSSR count). The van der Waals surface area contributed by atoms with Crippen LogP contribution in [0, 0.1) is 22.7 Å². The summed E-state index contributed by atoms with van der Waals surface area (Å²) in [5.41, 5.74) is 0.551. The van der Waals surface area contributed by atoms with Gasteiger partial charge < -0.3 is 34.7 Å². The van der Waals surface area contributed by atoms with Gasteiger partial charge in [-0.2, -0.15) is 0 Å². The molecule has 0 heterocycles. The van der Waals surface area contributed by atoms with Crippen molar-refractivity contribution in [3.05, 3.63) is 0 Å². The summed E-state index contributed by atoms with van der Waals surface area (Å²) in [5, 5.41) is 0. The van der Waals surface area contributed by atoms with E-state index >= 15 is 0 Å². The summed E-state index contributed by atoms with van der Waals surface area (Å²) in [6.45, 7) is 18.0. The van der Waals surface area contributed by atoms with E-state index in [1.165, 1.54) is 0 Å². The molecule has 0 N–H and O–H groups in total. The molecule has 0 saturated carbocycles. The minimum Gasteiger partial charge on any atom is -0.789 e. The molecule has 4 nitrogen and oxygen atoms in total. The van der Waals surface area contributed by atoms with Gasteiger partial charge in [0.2, 0.25) is 0 Å². The van der Waals surface area contributed by atoms with E-state index in [-0.39, 0.29) is 61.5 Å². The molecule has 7 heteroatoms. The van der Waals surface area contributed by atoms with Gasteiger partial charge >= 0.3 is 35.8 Å². The molecule has 2 atom stereocenters. The van der Waals surface area contributed by atoms with E-state index in [2.05, 4.69) is 55.4 Å². The van der Waals surface area contributed by atoms with E-state index in [4.69, 9.17) is 34.7 Å². The Kier molecular flexibility index (Phi) is 29.9. The molecule has 0 amide bonds. The fourth-order valence-electron chi connectivity index (χ4n) is 3.23. The molecule has 0 saturated heterocycles. The molecule has 2 radical (unpaired) electrons. The summed E-state index contributed by atoms with van der Waals surface area (Å²) in [4.78, 5) is 22.5. The van der Waals surface area contributed by atoms with Crippen LogP contribution in [0.3, 0.4) is 0 Å². The molecule has 0 spiro atoms. The molecule has 31 heavy (non-hydrogen) atoms. The molecule has 2 unspecified atom stereocenters. The van der Waals surface area contributed by atoms with Crippen molar-refractivity contribution in [1.29, 1.82) is 0 Å². The predicted octanol–water partition coefficient (Wildman–Crippen LogP) is 5.97. The zero-order chi connectivity index (χ0) is 22.4. The second-order valence-electron chi connectivity index (χ2n) is 10.00. The summed E-state index contributed by atoms with van der Waals surface area (Å²) in [6.07, 6.45) is 3.09. The van der Waals surface area contributed by atoms with Crippen LogP contribution in [0.15, 0.2) is 0 Å². The third-order valence-electron chi connectivity index (χ3n) is 3.64. The summed E-state index contributed by atoms with van der Waals surface area (Å²) in [6, 6.07) is 0. The fraction of sp³-hybridized carbons (Fsp3) is 0.917. The number of esters is 2. The monoisotopic (exact) mass is 586 g/mol.